The van der Waals surface area contributed by atoms with Crippen LogP contribution in [0.5, 0.6) is 0 Å². The van der Waals surface area contributed by atoms with Crippen molar-refractivity contribution >= 4 is 32.3 Å². The highest BCUT2D eigenvalue weighted by Gasteiger charge is 2.25. The van der Waals surface area contributed by atoms with Gasteiger partial charge < -0.3 is 5.32 Å². The van der Waals surface area contributed by atoms with Gasteiger partial charge in [-0.2, -0.15) is 0 Å². The van der Waals surface area contributed by atoms with Crippen molar-refractivity contribution in [2.24, 2.45) is 11.8 Å². The SMILES string of the molecule is CCC(C)C(=O)Nc1nc(-c2ccc(S(=N)(=O)N3CCC(C)CC3)cc2)cs1. The number of hydrogen-bond donors (Lipinski definition) is 2. The molecule has 6 nitrogen and oxygen atoms in total. The Morgan fingerprint density at radius 1 is 1.36 bits per heavy atom. The standard InChI is InChI=1S/C20H28N4O2S2/c1-4-15(3)19(25)23-20-22-18(13-27-20)16-5-7-17(8-6-16)28(21,26)24-11-9-14(2)10-12-24/h5-8,13-15,21H,4,9-12H2,1-3H3,(H,22,23,25). The van der Waals surface area contributed by atoms with Gasteiger partial charge >= 0.3 is 0 Å². The molecule has 1 amide bonds. The van der Waals surface area contributed by atoms with Crippen LogP contribution >= 0.6 is 11.3 Å². The molecule has 2 unspecified atom stereocenters. The minimum atomic E-state index is -2.95. The van der Waals surface area contributed by atoms with Crippen molar-refractivity contribution in [1.82, 2.24) is 9.29 Å². The second kappa shape index (κ2) is 8.71. The molecule has 0 spiro atoms. The van der Waals surface area contributed by atoms with Gasteiger partial charge in [-0.3, -0.25) is 4.79 Å². The highest BCUT2D eigenvalue weighted by atomic mass is 32.2. The van der Waals surface area contributed by atoms with Gasteiger partial charge in [0.15, 0.2) is 5.13 Å². The molecule has 1 aromatic heterocycles. The van der Waals surface area contributed by atoms with Crippen molar-refractivity contribution in [2.45, 2.75) is 44.9 Å². The van der Waals surface area contributed by atoms with Gasteiger partial charge in [0.05, 0.1) is 10.6 Å². The van der Waals surface area contributed by atoms with Gasteiger partial charge in [0, 0.05) is 30.0 Å². The van der Waals surface area contributed by atoms with Crippen LogP contribution in [0.15, 0.2) is 34.5 Å². The van der Waals surface area contributed by atoms with Crippen LogP contribution in [0.25, 0.3) is 11.3 Å². The first kappa shape index (κ1) is 21.0. The molecule has 8 heteroatoms. The molecule has 1 saturated heterocycles. The molecule has 1 fully saturated rings. The Bertz CT molecular complexity index is 914. The van der Waals surface area contributed by atoms with Crippen LogP contribution in [-0.4, -0.2) is 32.5 Å². The summed E-state index contributed by atoms with van der Waals surface area (Å²) in [7, 11) is -2.95. The zero-order chi connectivity index (χ0) is 20.3. The van der Waals surface area contributed by atoms with Crippen LogP contribution in [0.3, 0.4) is 0 Å². The fourth-order valence-electron chi connectivity index (χ4n) is 3.08. The van der Waals surface area contributed by atoms with Crippen molar-refractivity contribution in [3.63, 3.8) is 0 Å². The number of hydrogen-bond acceptors (Lipinski definition) is 5. The van der Waals surface area contributed by atoms with E-state index in [1.165, 1.54) is 11.3 Å². The lowest BCUT2D eigenvalue weighted by Crippen LogP contribution is -2.37. The summed E-state index contributed by atoms with van der Waals surface area (Å²) in [4.78, 5) is 17.0. The summed E-state index contributed by atoms with van der Waals surface area (Å²) in [5, 5.41) is 5.32. The maximum atomic E-state index is 13.0. The number of carbonyl (C=O) groups excluding carboxylic acids is 1. The molecule has 2 N–H and O–H groups in total. The van der Waals surface area contributed by atoms with E-state index in [-0.39, 0.29) is 11.8 Å². The zero-order valence-corrected chi connectivity index (χ0v) is 18.2. The molecule has 2 aromatic rings. The molecule has 3 rings (SSSR count). The van der Waals surface area contributed by atoms with Gasteiger partial charge in [-0.05, 0) is 37.3 Å². The topological polar surface area (TPSA) is 86.1 Å². The highest BCUT2D eigenvalue weighted by molar-refractivity contribution is 7.90. The van der Waals surface area contributed by atoms with Crippen molar-refractivity contribution in [3.05, 3.63) is 29.6 Å². The fourth-order valence-corrected chi connectivity index (χ4v) is 5.33. The maximum Gasteiger partial charge on any atom is 0.228 e. The van der Waals surface area contributed by atoms with Gasteiger partial charge in [-0.15, -0.1) is 11.3 Å². The van der Waals surface area contributed by atoms with E-state index in [9.17, 15) is 9.00 Å². The number of piperidine rings is 1. The van der Waals surface area contributed by atoms with Crippen LogP contribution in [0.1, 0.15) is 40.0 Å². The predicted molar refractivity (Wildman–Crippen MR) is 115 cm³/mol. The van der Waals surface area contributed by atoms with Gasteiger partial charge in [0.25, 0.3) is 0 Å². The molecular formula is C20H28N4O2S2. The lowest BCUT2D eigenvalue weighted by molar-refractivity contribution is -0.119. The smallest absolute Gasteiger partial charge is 0.228 e. The normalized spacial score (nSPS) is 19.1. The van der Waals surface area contributed by atoms with Crippen molar-refractivity contribution in [3.8, 4) is 11.3 Å². The fraction of sp³-hybridized carbons (Fsp3) is 0.500. The van der Waals surface area contributed by atoms with Crippen molar-refractivity contribution < 1.29 is 9.00 Å². The van der Waals surface area contributed by atoms with Crippen LogP contribution < -0.4 is 5.32 Å². The third-order valence-electron chi connectivity index (χ3n) is 5.37. The molecular weight excluding hydrogens is 392 g/mol. The first-order valence-electron chi connectivity index (χ1n) is 9.72. The van der Waals surface area contributed by atoms with Gasteiger partial charge in [-0.25, -0.2) is 18.3 Å². The average Bonchev–Trinajstić information content (AvgIpc) is 3.16. The third-order valence-corrected chi connectivity index (χ3v) is 8.13. The quantitative estimate of drug-likeness (QED) is 0.700. The van der Waals surface area contributed by atoms with Crippen molar-refractivity contribution in [1.29, 1.82) is 4.78 Å². The van der Waals surface area contributed by atoms with Crippen LogP contribution in [0, 0.1) is 16.6 Å². The number of benzene rings is 1. The summed E-state index contributed by atoms with van der Waals surface area (Å²) < 4.78 is 23.3. The molecule has 28 heavy (non-hydrogen) atoms. The number of thiazole rings is 1. The van der Waals surface area contributed by atoms with E-state index in [2.05, 4.69) is 17.2 Å². The van der Waals surface area contributed by atoms with Crippen LogP contribution in [0.2, 0.25) is 0 Å². The number of nitrogens with zero attached hydrogens (tertiary/aromatic N) is 2. The van der Waals surface area contributed by atoms with E-state index < -0.39 is 9.92 Å². The summed E-state index contributed by atoms with van der Waals surface area (Å²) in [6, 6.07) is 7.23. The minimum Gasteiger partial charge on any atom is -0.302 e. The summed E-state index contributed by atoms with van der Waals surface area (Å²) in [5.41, 5.74) is 1.64. The average molecular weight is 421 g/mol. The van der Waals surface area contributed by atoms with Crippen LogP contribution in [0.4, 0.5) is 5.13 Å². The van der Waals surface area contributed by atoms with E-state index in [0.717, 1.165) is 30.5 Å². The number of nitrogens with one attached hydrogen (secondary N) is 2. The minimum absolute atomic E-state index is 0.0245. The summed E-state index contributed by atoms with van der Waals surface area (Å²) in [6.07, 6.45) is 2.75. The Hall–Kier alpha value is -1.77. The Morgan fingerprint density at radius 3 is 2.61 bits per heavy atom. The van der Waals surface area contributed by atoms with Gasteiger partial charge in [0.2, 0.25) is 5.91 Å². The number of carbonyl (C=O) groups is 1. The molecule has 0 aliphatic carbocycles. The first-order chi connectivity index (χ1) is 13.3. The number of anilines is 1. The molecule has 0 saturated carbocycles. The summed E-state index contributed by atoms with van der Waals surface area (Å²) in [6.45, 7) is 7.48. The van der Waals surface area contributed by atoms with E-state index >= 15 is 0 Å². The molecule has 0 bridgehead atoms. The number of amides is 1. The van der Waals surface area contributed by atoms with E-state index in [0.29, 0.717) is 29.0 Å². The lowest BCUT2D eigenvalue weighted by Gasteiger charge is -2.31. The number of aromatic nitrogens is 1. The van der Waals surface area contributed by atoms with E-state index in [4.69, 9.17) is 4.78 Å². The molecule has 0 radical (unpaired) electrons. The molecule has 2 atom stereocenters. The van der Waals surface area contributed by atoms with Gasteiger partial charge in [0.1, 0.15) is 9.92 Å². The van der Waals surface area contributed by atoms with Gasteiger partial charge in [-0.1, -0.05) is 32.9 Å². The third kappa shape index (κ3) is 4.61. The number of rotatable bonds is 6. The second-order valence-electron chi connectivity index (χ2n) is 7.50. The largest absolute Gasteiger partial charge is 0.302 e. The Labute approximate surface area is 171 Å². The molecule has 1 aliphatic rings. The first-order valence-corrected chi connectivity index (χ1v) is 12.1. The predicted octanol–water partition coefficient (Wildman–Crippen LogP) is 4.85. The highest BCUT2D eigenvalue weighted by Crippen LogP contribution is 2.28. The van der Waals surface area contributed by atoms with E-state index in [1.807, 2.05) is 31.4 Å². The van der Waals surface area contributed by atoms with Crippen LogP contribution in [-0.2, 0) is 14.7 Å². The van der Waals surface area contributed by atoms with E-state index in [1.54, 1.807) is 16.4 Å². The molecule has 1 aliphatic heterocycles. The Kier molecular flexibility index (Phi) is 6.52. The van der Waals surface area contributed by atoms with Crippen molar-refractivity contribution in [2.75, 3.05) is 18.4 Å². The maximum absolute atomic E-state index is 13.0. The monoisotopic (exact) mass is 420 g/mol. The molecule has 152 valence electrons. The zero-order valence-electron chi connectivity index (χ0n) is 16.6. The Balaban J connectivity index is 1.72. The molecule has 2 heterocycles. The lowest BCUT2D eigenvalue weighted by atomic mass is 10.0. The molecule has 1 aromatic carbocycles. The summed E-state index contributed by atoms with van der Waals surface area (Å²) >= 11 is 1.39. The second-order valence-corrected chi connectivity index (χ2v) is 10.4. The summed E-state index contributed by atoms with van der Waals surface area (Å²) in [5.74, 6) is 0.562. The Morgan fingerprint density at radius 2 is 2.00 bits per heavy atom.